The van der Waals surface area contributed by atoms with E-state index in [0.29, 0.717) is 0 Å². The van der Waals surface area contributed by atoms with Gasteiger partial charge in [0.15, 0.2) is 0 Å². The number of hydrogen-bond acceptors (Lipinski definition) is 0. The summed E-state index contributed by atoms with van der Waals surface area (Å²) in [4.78, 5) is 0.778. The molecular weight excluding hydrogens is 224 g/mol. The van der Waals surface area contributed by atoms with Crippen LogP contribution in [0.25, 0.3) is 0 Å². The van der Waals surface area contributed by atoms with Crippen LogP contribution in [-0.4, -0.2) is 4.83 Å². The van der Waals surface area contributed by atoms with Crippen LogP contribution in [0.5, 0.6) is 0 Å². The van der Waals surface area contributed by atoms with Crippen LogP contribution >= 0.6 is 15.9 Å². The second-order valence-corrected chi connectivity index (χ2v) is 6.02. The molecular formula is C12H23Br. The van der Waals surface area contributed by atoms with Crippen LogP contribution in [0.3, 0.4) is 0 Å². The Bertz CT molecular complexity index is 134. The first-order valence-corrected chi connectivity index (χ1v) is 6.70. The third kappa shape index (κ3) is 3.27. The lowest BCUT2D eigenvalue weighted by molar-refractivity contribution is 0.221. The Hall–Kier alpha value is 0.480. The van der Waals surface area contributed by atoms with Gasteiger partial charge in [0, 0.05) is 4.83 Å². The first kappa shape index (κ1) is 11.6. The molecule has 0 amide bonds. The normalized spacial score (nSPS) is 32.1. The maximum absolute atomic E-state index is 3.80. The lowest BCUT2D eigenvalue weighted by Gasteiger charge is -2.33. The molecule has 0 aromatic carbocycles. The number of rotatable bonds is 3. The standard InChI is InChI=1S/C12H23Br/c1-4-12(13)11-7-5-10(6-8-11)9(2)3/h9-12H,4-8H2,1-3H3. The summed E-state index contributed by atoms with van der Waals surface area (Å²) < 4.78 is 0. The van der Waals surface area contributed by atoms with E-state index in [-0.39, 0.29) is 0 Å². The lowest BCUT2D eigenvalue weighted by atomic mass is 9.76. The van der Waals surface area contributed by atoms with Crippen molar-refractivity contribution in [1.29, 1.82) is 0 Å². The minimum absolute atomic E-state index is 0.778. The molecule has 78 valence electrons. The fourth-order valence-electron chi connectivity index (χ4n) is 2.51. The highest BCUT2D eigenvalue weighted by Gasteiger charge is 2.26. The van der Waals surface area contributed by atoms with Gasteiger partial charge in [-0.25, -0.2) is 0 Å². The summed E-state index contributed by atoms with van der Waals surface area (Å²) in [6.07, 6.45) is 7.12. The Morgan fingerprint density at radius 2 is 1.54 bits per heavy atom. The highest BCUT2D eigenvalue weighted by Crippen LogP contribution is 2.37. The largest absolute Gasteiger partial charge is 0.0888 e. The van der Waals surface area contributed by atoms with Crippen LogP contribution in [0.4, 0.5) is 0 Å². The van der Waals surface area contributed by atoms with Crippen LogP contribution in [-0.2, 0) is 0 Å². The molecule has 1 fully saturated rings. The SMILES string of the molecule is CCC(Br)C1CCC(C(C)C)CC1. The van der Waals surface area contributed by atoms with E-state index < -0.39 is 0 Å². The summed E-state index contributed by atoms with van der Waals surface area (Å²) in [7, 11) is 0. The van der Waals surface area contributed by atoms with E-state index in [9.17, 15) is 0 Å². The molecule has 1 rings (SSSR count). The summed E-state index contributed by atoms with van der Waals surface area (Å²) >= 11 is 3.80. The Morgan fingerprint density at radius 1 is 1.08 bits per heavy atom. The summed E-state index contributed by atoms with van der Waals surface area (Å²) in [5, 5.41) is 0. The molecule has 13 heavy (non-hydrogen) atoms. The first-order valence-electron chi connectivity index (χ1n) is 5.79. The molecule has 0 aliphatic heterocycles. The third-order valence-corrected chi connectivity index (χ3v) is 5.06. The summed E-state index contributed by atoms with van der Waals surface area (Å²) in [5.74, 6) is 2.86. The Morgan fingerprint density at radius 3 is 1.92 bits per heavy atom. The Kier molecular flexibility index (Phi) is 4.78. The van der Waals surface area contributed by atoms with E-state index in [1.807, 2.05) is 0 Å². The molecule has 1 aliphatic rings. The van der Waals surface area contributed by atoms with E-state index in [0.717, 1.165) is 22.6 Å². The van der Waals surface area contributed by atoms with Crippen LogP contribution in [0, 0.1) is 17.8 Å². The van der Waals surface area contributed by atoms with E-state index in [4.69, 9.17) is 0 Å². The van der Waals surface area contributed by atoms with Crippen molar-refractivity contribution >= 4 is 15.9 Å². The second kappa shape index (κ2) is 5.38. The van der Waals surface area contributed by atoms with Gasteiger partial charge in [-0.1, -0.05) is 36.7 Å². The van der Waals surface area contributed by atoms with Gasteiger partial charge in [-0.2, -0.15) is 0 Å². The van der Waals surface area contributed by atoms with Crippen molar-refractivity contribution < 1.29 is 0 Å². The van der Waals surface area contributed by atoms with Crippen LogP contribution in [0.15, 0.2) is 0 Å². The molecule has 0 nitrogen and oxygen atoms in total. The van der Waals surface area contributed by atoms with Crippen molar-refractivity contribution in [3.05, 3.63) is 0 Å². The Labute approximate surface area is 91.6 Å². The van der Waals surface area contributed by atoms with Gasteiger partial charge in [0.05, 0.1) is 0 Å². The fraction of sp³-hybridized carbons (Fsp3) is 1.00. The van der Waals surface area contributed by atoms with Crippen molar-refractivity contribution in [3.8, 4) is 0 Å². The highest BCUT2D eigenvalue weighted by atomic mass is 79.9. The number of hydrogen-bond donors (Lipinski definition) is 0. The van der Waals surface area contributed by atoms with E-state index in [1.54, 1.807) is 0 Å². The zero-order valence-electron chi connectivity index (χ0n) is 9.22. The van der Waals surface area contributed by atoms with Gasteiger partial charge in [0.1, 0.15) is 0 Å². The molecule has 0 radical (unpaired) electrons. The maximum atomic E-state index is 3.80. The maximum Gasteiger partial charge on any atom is 0.0171 e. The summed E-state index contributed by atoms with van der Waals surface area (Å²) in [6, 6.07) is 0. The number of halogens is 1. The van der Waals surface area contributed by atoms with Gasteiger partial charge in [-0.05, 0) is 49.9 Å². The van der Waals surface area contributed by atoms with Crippen molar-refractivity contribution in [2.45, 2.75) is 57.7 Å². The lowest BCUT2D eigenvalue weighted by Crippen LogP contribution is -2.23. The zero-order valence-corrected chi connectivity index (χ0v) is 10.8. The molecule has 1 unspecified atom stereocenters. The molecule has 1 heteroatoms. The minimum Gasteiger partial charge on any atom is -0.0888 e. The molecule has 0 bridgehead atoms. The van der Waals surface area contributed by atoms with Crippen LogP contribution < -0.4 is 0 Å². The fourth-order valence-corrected chi connectivity index (χ4v) is 3.04. The van der Waals surface area contributed by atoms with Crippen molar-refractivity contribution in [3.63, 3.8) is 0 Å². The average molecular weight is 247 g/mol. The molecule has 0 spiro atoms. The van der Waals surface area contributed by atoms with Gasteiger partial charge in [0.2, 0.25) is 0 Å². The summed E-state index contributed by atoms with van der Waals surface area (Å²) in [5.41, 5.74) is 0. The summed E-state index contributed by atoms with van der Waals surface area (Å²) in [6.45, 7) is 7.03. The number of alkyl halides is 1. The molecule has 0 saturated heterocycles. The molecule has 1 aliphatic carbocycles. The highest BCUT2D eigenvalue weighted by molar-refractivity contribution is 9.09. The topological polar surface area (TPSA) is 0 Å². The molecule has 1 atom stereocenters. The van der Waals surface area contributed by atoms with Crippen molar-refractivity contribution in [2.24, 2.45) is 17.8 Å². The van der Waals surface area contributed by atoms with Crippen molar-refractivity contribution in [2.75, 3.05) is 0 Å². The monoisotopic (exact) mass is 246 g/mol. The molecule has 1 saturated carbocycles. The van der Waals surface area contributed by atoms with Gasteiger partial charge < -0.3 is 0 Å². The molecule has 0 aromatic rings. The van der Waals surface area contributed by atoms with Gasteiger partial charge in [-0.15, -0.1) is 0 Å². The van der Waals surface area contributed by atoms with E-state index in [1.165, 1.54) is 32.1 Å². The predicted octanol–water partition coefficient (Wildman–Crippen LogP) is 4.62. The predicted molar refractivity (Wildman–Crippen MR) is 63.3 cm³/mol. The first-order chi connectivity index (χ1) is 6.15. The van der Waals surface area contributed by atoms with Gasteiger partial charge in [0.25, 0.3) is 0 Å². The quantitative estimate of drug-likeness (QED) is 0.638. The Balaban J connectivity index is 2.30. The second-order valence-electron chi connectivity index (χ2n) is 4.84. The van der Waals surface area contributed by atoms with Crippen LogP contribution in [0.1, 0.15) is 52.9 Å². The average Bonchev–Trinajstić information content (AvgIpc) is 2.17. The zero-order chi connectivity index (χ0) is 9.84. The smallest absolute Gasteiger partial charge is 0.0171 e. The molecule has 0 heterocycles. The van der Waals surface area contributed by atoms with Gasteiger partial charge >= 0.3 is 0 Å². The van der Waals surface area contributed by atoms with E-state index >= 15 is 0 Å². The third-order valence-electron chi connectivity index (χ3n) is 3.66. The molecule has 0 N–H and O–H groups in total. The van der Waals surface area contributed by atoms with Gasteiger partial charge in [-0.3, -0.25) is 0 Å². The minimum atomic E-state index is 0.778. The van der Waals surface area contributed by atoms with Crippen LogP contribution in [0.2, 0.25) is 0 Å². The molecule has 0 aromatic heterocycles. The van der Waals surface area contributed by atoms with Crippen molar-refractivity contribution in [1.82, 2.24) is 0 Å². The van der Waals surface area contributed by atoms with E-state index in [2.05, 4.69) is 36.7 Å².